The van der Waals surface area contributed by atoms with Gasteiger partial charge in [-0.1, -0.05) is 29.3 Å². The summed E-state index contributed by atoms with van der Waals surface area (Å²) < 4.78 is 1.60. The highest BCUT2D eigenvalue weighted by molar-refractivity contribution is 6.32. The zero-order valence-corrected chi connectivity index (χ0v) is 12.1. The zero-order valence-electron chi connectivity index (χ0n) is 10.6. The first-order valence-electron chi connectivity index (χ1n) is 5.66. The average molecular weight is 298 g/mol. The second-order valence-corrected chi connectivity index (χ2v) is 5.20. The number of carbonyl (C=O) groups excluding carboxylic acids is 1. The summed E-state index contributed by atoms with van der Waals surface area (Å²) in [6.07, 6.45) is 3.54. The van der Waals surface area contributed by atoms with Crippen LogP contribution in [-0.4, -0.2) is 34.7 Å². The van der Waals surface area contributed by atoms with Gasteiger partial charge >= 0.3 is 0 Å². The Kier molecular flexibility index (Phi) is 4.12. The van der Waals surface area contributed by atoms with Crippen molar-refractivity contribution >= 4 is 29.1 Å². The van der Waals surface area contributed by atoms with E-state index in [1.54, 1.807) is 42.1 Å². The lowest BCUT2D eigenvalue weighted by atomic mass is 10.1. The van der Waals surface area contributed by atoms with Crippen LogP contribution in [0.2, 0.25) is 10.0 Å². The number of hydrogen-bond donors (Lipinski definition) is 0. The SMILES string of the molecule is CN(C)C(=O)Cc1ccc(-n2cc(Cl)cn2)c(Cl)c1. The minimum Gasteiger partial charge on any atom is -0.349 e. The molecule has 0 aliphatic carbocycles. The molecule has 0 unspecified atom stereocenters. The molecule has 1 aromatic carbocycles. The number of benzene rings is 1. The van der Waals surface area contributed by atoms with E-state index in [4.69, 9.17) is 23.2 Å². The first kappa shape index (κ1) is 13.9. The van der Waals surface area contributed by atoms with E-state index in [1.165, 1.54) is 0 Å². The van der Waals surface area contributed by atoms with Gasteiger partial charge in [0.1, 0.15) is 0 Å². The number of carbonyl (C=O) groups is 1. The second-order valence-electron chi connectivity index (χ2n) is 4.35. The highest BCUT2D eigenvalue weighted by Gasteiger charge is 2.09. The molecule has 1 heterocycles. The Labute approximate surface area is 121 Å². The van der Waals surface area contributed by atoms with Gasteiger partial charge < -0.3 is 4.90 Å². The molecule has 0 bridgehead atoms. The Morgan fingerprint density at radius 3 is 2.63 bits per heavy atom. The Bertz CT molecular complexity index is 608. The lowest BCUT2D eigenvalue weighted by molar-refractivity contribution is -0.127. The lowest BCUT2D eigenvalue weighted by Crippen LogP contribution is -2.23. The molecular weight excluding hydrogens is 285 g/mol. The van der Waals surface area contributed by atoms with E-state index in [1.807, 2.05) is 12.1 Å². The van der Waals surface area contributed by atoms with Gasteiger partial charge in [-0.2, -0.15) is 5.10 Å². The largest absolute Gasteiger partial charge is 0.349 e. The second kappa shape index (κ2) is 5.63. The van der Waals surface area contributed by atoms with Gasteiger partial charge in [-0.25, -0.2) is 4.68 Å². The van der Waals surface area contributed by atoms with Gasteiger partial charge in [-0.3, -0.25) is 4.79 Å². The predicted octanol–water partition coefficient (Wildman–Crippen LogP) is 2.81. The Morgan fingerprint density at radius 2 is 2.11 bits per heavy atom. The van der Waals surface area contributed by atoms with E-state index < -0.39 is 0 Å². The van der Waals surface area contributed by atoms with Gasteiger partial charge in [0.25, 0.3) is 0 Å². The topological polar surface area (TPSA) is 38.1 Å². The number of amides is 1. The maximum atomic E-state index is 11.6. The molecule has 0 fully saturated rings. The molecule has 4 nitrogen and oxygen atoms in total. The van der Waals surface area contributed by atoms with Crippen molar-refractivity contribution in [3.8, 4) is 5.69 Å². The van der Waals surface area contributed by atoms with Crippen LogP contribution in [0.4, 0.5) is 0 Å². The predicted molar refractivity (Wildman–Crippen MR) is 76.0 cm³/mol. The molecule has 0 saturated heterocycles. The van der Waals surface area contributed by atoms with Crippen molar-refractivity contribution in [2.24, 2.45) is 0 Å². The van der Waals surface area contributed by atoms with E-state index >= 15 is 0 Å². The monoisotopic (exact) mass is 297 g/mol. The third kappa shape index (κ3) is 3.28. The Hall–Kier alpha value is -1.52. The van der Waals surface area contributed by atoms with Gasteiger partial charge in [-0.05, 0) is 17.7 Å². The minimum absolute atomic E-state index is 0.0333. The maximum Gasteiger partial charge on any atom is 0.226 e. The van der Waals surface area contributed by atoms with Gasteiger partial charge in [0.15, 0.2) is 0 Å². The summed E-state index contributed by atoms with van der Waals surface area (Å²) in [5.41, 5.74) is 1.60. The summed E-state index contributed by atoms with van der Waals surface area (Å²) in [4.78, 5) is 13.2. The van der Waals surface area contributed by atoms with Crippen LogP contribution in [-0.2, 0) is 11.2 Å². The molecule has 0 atom stereocenters. The molecular formula is C13H13Cl2N3O. The van der Waals surface area contributed by atoms with Crippen LogP contribution in [0, 0.1) is 0 Å². The summed E-state index contributed by atoms with van der Waals surface area (Å²) in [5, 5.41) is 5.17. The van der Waals surface area contributed by atoms with E-state index in [0.717, 1.165) is 11.3 Å². The standard InChI is InChI=1S/C13H13Cl2N3O/c1-17(2)13(19)6-9-3-4-12(11(15)5-9)18-8-10(14)7-16-18/h3-5,7-8H,6H2,1-2H3. The summed E-state index contributed by atoms with van der Waals surface area (Å²) >= 11 is 12.0. The van der Waals surface area contributed by atoms with Crippen LogP contribution in [0.1, 0.15) is 5.56 Å². The van der Waals surface area contributed by atoms with E-state index in [9.17, 15) is 4.79 Å². The van der Waals surface area contributed by atoms with Gasteiger partial charge in [0, 0.05) is 20.3 Å². The van der Waals surface area contributed by atoms with Crippen molar-refractivity contribution in [3.63, 3.8) is 0 Å². The third-order valence-corrected chi connectivity index (χ3v) is 3.16. The van der Waals surface area contributed by atoms with Crippen molar-refractivity contribution < 1.29 is 4.79 Å². The third-order valence-electron chi connectivity index (χ3n) is 2.66. The summed E-state index contributed by atoms with van der Waals surface area (Å²) in [5.74, 6) is 0.0333. The molecule has 0 N–H and O–H groups in total. The van der Waals surface area contributed by atoms with E-state index in [-0.39, 0.29) is 5.91 Å². The number of nitrogens with zero attached hydrogens (tertiary/aromatic N) is 3. The molecule has 100 valence electrons. The zero-order chi connectivity index (χ0) is 14.0. The molecule has 0 spiro atoms. The number of aromatic nitrogens is 2. The minimum atomic E-state index is 0.0333. The Morgan fingerprint density at radius 1 is 1.37 bits per heavy atom. The lowest BCUT2D eigenvalue weighted by Gasteiger charge is -2.11. The normalized spacial score (nSPS) is 10.5. The van der Waals surface area contributed by atoms with Crippen LogP contribution in [0.15, 0.2) is 30.6 Å². The molecule has 0 aliphatic heterocycles. The summed E-state index contributed by atoms with van der Waals surface area (Å²) in [6, 6.07) is 5.45. The molecule has 2 aromatic rings. The number of hydrogen-bond acceptors (Lipinski definition) is 2. The molecule has 19 heavy (non-hydrogen) atoms. The maximum absolute atomic E-state index is 11.6. The van der Waals surface area contributed by atoms with Crippen LogP contribution in [0.5, 0.6) is 0 Å². The van der Waals surface area contributed by atoms with Crippen LogP contribution in [0.25, 0.3) is 5.69 Å². The summed E-state index contributed by atoms with van der Waals surface area (Å²) in [6.45, 7) is 0. The molecule has 1 amide bonds. The van der Waals surface area contributed by atoms with Crippen molar-refractivity contribution in [1.29, 1.82) is 0 Å². The van der Waals surface area contributed by atoms with Gasteiger partial charge in [0.2, 0.25) is 5.91 Å². The van der Waals surface area contributed by atoms with Crippen molar-refractivity contribution in [2.75, 3.05) is 14.1 Å². The van der Waals surface area contributed by atoms with E-state index in [0.29, 0.717) is 16.5 Å². The number of rotatable bonds is 3. The smallest absolute Gasteiger partial charge is 0.226 e. The number of halogens is 2. The fourth-order valence-electron chi connectivity index (χ4n) is 1.61. The fourth-order valence-corrected chi connectivity index (χ4v) is 2.04. The first-order chi connectivity index (χ1) is 8.97. The van der Waals surface area contributed by atoms with Crippen molar-refractivity contribution in [1.82, 2.24) is 14.7 Å². The first-order valence-corrected chi connectivity index (χ1v) is 6.42. The molecule has 0 aliphatic rings. The van der Waals surface area contributed by atoms with Crippen LogP contribution < -0.4 is 0 Å². The molecule has 1 aromatic heterocycles. The fraction of sp³-hybridized carbons (Fsp3) is 0.231. The highest BCUT2D eigenvalue weighted by atomic mass is 35.5. The molecule has 0 saturated carbocycles. The highest BCUT2D eigenvalue weighted by Crippen LogP contribution is 2.23. The van der Waals surface area contributed by atoms with Crippen LogP contribution >= 0.6 is 23.2 Å². The van der Waals surface area contributed by atoms with Gasteiger partial charge in [0.05, 0.1) is 28.4 Å². The van der Waals surface area contributed by atoms with Crippen molar-refractivity contribution in [3.05, 3.63) is 46.2 Å². The van der Waals surface area contributed by atoms with Crippen molar-refractivity contribution in [2.45, 2.75) is 6.42 Å². The van der Waals surface area contributed by atoms with E-state index in [2.05, 4.69) is 5.10 Å². The Balaban J connectivity index is 2.25. The molecule has 2 rings (SSSR count). The summed E-state index contributed by atoms with van der Waals surface area (Å²) in [7, 11) is 3.45. The molecule has 0 radical (unpaired) electrons. The van der Waals surface area contributed by atoms with Crippen LogP contribution in [0.3, 0.4) is 0 Å². The number of likely N-dealkylation sites (N-methyl/N-ethyl adjacent to an activating group) is 1. The molecule has 6 heteroatoms. The average Bonchev–Trinajstić information content (AvgIpc) is 2.75. The quantitative estimate of drug-likeness (QED) is 0.874. The van der Waals surface area contributed by atoms with Gasteiger partial charge in [-0.15, -0.1) is 0 Å².